The molecule has 0 aliphatic rings. The Labute approximate surface area is 187 Å². The molecule has 1 aromatic carbocycles. The number of hydrogen-bond acceptors (Lipinski definition) is 8. The standard InChI is InChI=1S/C19H22ClN7O3S/c1-4-31-19-24-16(23-11(2)3)13-10-22-26(17(13)25-19)8-7-21-18(28)12-5-6-14(20)15(9-12)27(29)30/h5-6,9-11H,4,7-8H2,1-3H3,(H,21,28)(H,23,24,25). The Bertz CT molecular complexity index is 1120. The fourth-order valence-corrected chi connectivity index (χ4v) is 3.60. The van der Waals surface area contributed by atoms with Crippen LogP contribution in [0.2, 0.25) is 5.02 Å². The van der Waals surface area contributed by atoms with Gasteiger partial charge in [-0.3, -0.25) is 14.9 Å². The Hall–Kier alpha value is -2.92. The topological polar surface area (TPSA) is 128 Å². The zero-order chi connectivity index (χ0) is 22.5. The number of carbonyl (C=O) groups excluding carboxylic acids is 1. The van der Waals surface area contributed by atoms with Gasteiger partial charge >= 0.3 is 0 Å². The third-order valence-corrected chi connectivity index (χ3v) is 5.24. The summed E-state index contributed by atoms with van der Waals surface area (Å²) < 4.78 is 1.70. The van der Waals surface area contributed by atoms with Crippen LogP contribution in [0, 0.1) is 10.1 Å². The fourth-order valence-electron chi connectivity index (χ4n) is 2.85. The molecule has 0 saturated heterocycles. The lowest BCUT2D eigenvalue weighted by atomic mass is 10.2. The smallest absolute Gasteiger partial charge is 0.288 e. The predicted molar refractivity (Wildman–Crippen MR) is 121 cm³/mol. The van der Waals surface area contributed by atoms with Crippen molar-refractivity contribution in [3.8, 4) is 0 Å². The zero-order valence-electron chi connectivity index (χ0n) is 17.3. The first-order valence-electron chi connectivity index (χ1n) is 9.65. The number of nitrogens with one attached hydrogen (secondary N) is 2. The maximum absolute atomic E-state index is 12.4. The van der Waals surface area contributed by atoms with E-state index in [9.17, 15) is 14.9 Å². The molecule has 31 heavy (non-hydrogen) atoms. The quantitative estimate of drug-likeness (QED) is 0.212. The molecule has 0 unspecified atom stereocenters. The van der Waals surface area contributed by atoms with Crippen molar-refractivity contribution in [1.82, 2.24) is 25.1 Å². The predicted octanol–water partition coefficient (Wildman–Crippen LogP) is 3.75. The van der Waals surface area contributed by atoms with Gasteiger partial charge in [0.1, 0.15) is 10.8 Å². The molecule has 0 saturated carbocycles. The minimum Gasteiger partial charge on any atom is -0.367 e. The lowest BCUT2D eigenvalue weighted by molar-refractivity contribution is -0.384. The monoisotopic (exact) mass is 463 g/mol. The van der Waals surface area contributed by atoms with Crippen molar-refractivity contribution < 1.29 is 9.72 Å². The Morgan fingerprint density at radius 2 is 2.13 bits per heavy atom. The third-order valence-electron chi connectivity index (χ3n) is 4.19. The molecule has 2 heterocycles. The van der Waals surface area contributed by atoms with Gasteiger partial charge in [0.2, 0.25) is 0 Å². The molecule has 3 aromatic rings. The van der Waals surface area contributed by atoms with Crippen molar-refractivity contribution in [2.75, 3.05) is 17.6 Å². The lowest BCUT2D eigenvalue weighted by Gasteiger charge is -2.12. The van der Waals surface area contributed by atoms with E-state index in [0.717, 1.165) is 23.0 Å². The van der Waals surface area contributed by atoms with Crippen LogP contribution in [-0.4, -0.2) is 48.9 Å². The second kappa shape index (κ2) is 9.92. The molecule has 10 nitrogen and oxygen atoms in total. The highest BCUT2D eigenvalue weighted by atomic mass is 35.5. The number of hydrogen-bond donors (Lipinski definition) is 2. The molecule has 0 aliphatic carbocycles. The number of halogens is 1. The van der Waals surface area contributed by atoms with Crippen LogP contribution in [0.4, 0.5) is 11.5 Å². The number of nitro benzene ring substituents is 1. The number of amides is 1. The van der Waals surface area contributed by atoms with Gasteiger partial charge in [-0.05, 0) is 31.7 Å². The number of anilines is 1. The summed E-state index contributed by atoms with van der Waals surface area (Å²) in [4.78, 5) is 32.0. The Kier molecular flexibility index (Phi) is 7.29. The van der Waals surface area contributed by atoms with E-state index in [1.165, 1.54) is 23.9 Å². The lowest BCUT2D eigenvalue weighted by Crippen LogP contribution is -2.27. The summed E-state index contributed by atoms with van der Waals surface area (Å²) in [5.41, 5.74) is 0.523. The summed E-state index contributed by atoms with van der Waals surface area (Å²) >= 11 is 7.33. The normalized spacial score (nSPS) is 11.1. The second-order valence-electron chi connectivity index (χ2n) is 6.87. The Morgan fingerprint density at radius 1 is 1.35 bits per heavy atom. The average Bonchev–Trinajstić information content (AvgIpc) is 3.11. The van der Waals surface area contributed by atoms with Gasteiger partial charge in [-0.1, -0.05) is 30.3 Å². The molecule has 0 spiro atoms. The Balaban J connectivity index is 1.75. The van der Waals surface area contributed by atoms with Gasteiger partial charge < -0.3 is 10.6 Å². The van der Waals surface area contributed by atoms with Crippen LogP contribution in [0.5, 0.6) is 0 Å². The minimum absolute atomic E-state index is 0.0178. The van der Waals surface area contributed by atoms with E-state index in [-0.39, 0.29) is 28.9 Å². The molecule has 1 amide bonds. The molecule has 2 N–H and O–H groups in total. The van der Waals surface area contributed by atoms with Crippen molar-refractivity contribution >= 4 is 51.8 Å². The summed E-state index contributed by atoms with van der Waals surface area (Å²) in [7, 11) is 0. The first kappa shape index (κ1) is 22.8. The number of carbonyl (C=O) groups is 1. The number of aromatic nitrogens is 4. The van der Waals surface area contributed by atoms with Crippen molar-refractivity contribution in [2.45, 2.75) is 38.5 Å². The number of nitro groups is 1. The van der Waals surface area contributed by atoms with Gasteiger partial charge in [-0.15, -0.1) is 0 Å². The number of nitrogens with zero attached hydrogens (tertiary/aromatic N) is 5. The molecule has 2 aromatic heterocycles. The van der Waals surface area contributed by atoms with Crippen LogP contribution < -0.4 is 10.6 Å². The van der Waals surface area contributed by atoms with E-state index >= 15 is 0 Å². The largest absolute Gasteiger partial charge is 0.367 e. The molecular weight excluding hydrogens is 442 g/mol. The van der Waals surface area contributed by atoms with E-state index in [2.05, 4.69) is 25.7 Å². The van der Waals surface area contributed by atoms with Gasteiger partial charge in [0.05, 0.1) is 23.1 Å². The summed E-state index contributed by atoms with van der Waals surface area (Å²) in [5.74, 6) is 1.12. The van der Waals surface area contributed by atoms with E-state index in [1.54, 1.807) is 10.9 Å². The molecular formula is C19H22ClN7O3S. The number of rotatable bonds is 9. The average molecular weight is 464 g/mol. The maximum Gasteiger partial charge on any atom is 0.288 e. The molecule has 0 bridgehead atoms. The van der Waals surface area contributed by atoms with Crippen molar-refractivity contribution in [3.63, 3.8) is 0 Å². The molecule has 12 heteroatoms. The fraction of sp³-hybridized carbons (Fsp3) is 0.368. The third kappa shape index (κ3) is 5.42. The first-order chi connectivity index (χ1) is 14.8. The second-order valence-corrected chi connectivity index (χ2v) is 8.51. The first-order valence-corrected chi connectivity index (χ1v) is 11.0. The SMILES string of the molecule is CCSc1nc(NC(C)C)c2cnn(CCNC(=O)c3ccc(Cl)c([N+](=O)[O-])c3)c2n1. The van der Waals surface area contributed by atoms with Crippen molar-refractivity contribution in [2.24, 2.45) is 0 Å². The van der Waals surface area contributed by atoms with Gasteiger partial charge in [-0.2, -0.15) is 5.10 Å². The summed E-state index contributed by atoms with van der Waals surface area (Å²) in [6.45, 7) is 6.73. The maximum atomic E-state index is 12.4. The zero-order valence-corrected chi connectivity index (χ0v) is 18.8. The molecule has 0 radical (unpaired) electrons. The van der Waals surface area contributed by atoms with E-state index in [0.29, 0.717) is 17.3 Å². The Morgan fingerprint density at radius 3 is 2.81 bits per heavy atom. The summed E-state index contributed by atoms with van der Waals surface area (Å²) in [6.07, 6.45) is 1.70. The highest BCUT2D eigenvalue weighted by Gasteiger charge is 2.17. The number of fused-ring (bicyclic) bond motifs is 1. The number of benzene rings is 1. The molecule has 164 valence electrons. The molecule has 3 rings (SSSR count). The van der Waals surface area contributed by atoms with Gasteiger partial charge in [-0.25, -0.2) is 14.6 Å². The van der Waals surface area contributed by atoms with Gasteiger partial charge in [0, 0.05) is 24.2 Å². The van der Waals surface area contributed by atoms with Crippen LogP contribution in [-0.2, 0) is 6.54 Å². The van der Waals surface area contributed by atoms with Crippen LogP contribution in [0.15, 0.2) is 29.6 Å². The highest BCUT2D eigenvalue weighted by molar-refractivity contribution is 7.99. The summed E-state index contributed by atoms with van der Waals surface area (Å²) in [6, 6.07) is 4.14. The highest BCUT2D eigenvalue weighted by Crippen LogP contribution is 2.26. The summed E-state index contributed by atoms with van der Waals surface area (Å²) in [5, 5.41) is 22.9. The van der Waals surface area contributed by atoms with Crippen LogP contribution >= 0.6 is 23.4 Å². The van der Waals surface area contributed by atoms with E-state index in [4.69, 9.17) is 11.6 Å². The molecule has 0 aliphatic heterocycles. The van der Waals surface area contributed by atoms with Crippen molar-refractivity contribution in [1.29, 1.82) is 0 Å². The van der Waals surface area contributed by atoms with E-state index < -0.39 is 10.8 Å². The minimum atomic E-state index is -0.622. The van der Waals surface area contributed by atoms with E-state index in [1.807, 2.05) is 20.8 Å². The molecule has 0 atom stereocenters. The van der Waals surface area contributed by atoms with Crippen LogP contribution in [0.3, 0.4) is 0 Å². The molecule has 0 fully saturated rings. The van der Waals surface area contributed by atoms with Crippen LogP contribution in [0.1, 0.15) is 31.1 Å². The number of thioether (sulfide) groups is 1. The van der Waals surface area contributed by atoms with Gasteiger partial charge in [0.15, 0.2) is 10.8 Å². The van der Waals surface area contributed by atoms with Crippen LogP contribution in [0.25, 0.3) is 11.0 Å². The van der Waals surface area contributed by atoms with Crippen molar-refractivity contribution in [3.05, 3.63) is 45.1 Å². The van der Waals surface area contributed by atoms with Gasteiger partial charge in [0.25, 0.3) is 11.6 Å².